The van der Waals surface area contributed by atoms with E-state index in [9.17, 15) is 13.2 Å². The molecule has 0 unspecified atom stereocenters. The molecule has 0 saturated carbocycles. The monoisotopic (exact) mass is 357 g/mol. The number of rotatable bonds is 7. The van der Waals surface area contributed by atoms with Gasteiger partial charge in [0.1, 0.15) is 5.52 Å². The van der Waals surface area contributed by atoms with Crippen molar-refractivity contribution >= 4 is 38.8 Å². The Labute approximate surface area is 139 Å². The molecule has 2 aromatic rings. The van der Waals surface area contributed by atoms with Gasteiger partial charge in [-0.1, -0.05) is 18.7 Å². The smallest absolute Gasteiger partial charge is 0.257 e. The molecule has 0 fully saturated rings. The minimum Gasteiger partial charge on any atom is -0.431 e. The van der Waals surface area contributed by atoms with Crippen molar-refractivity contribution < 1.29 is 17.6 Å². The largest absolute Gasteiger partial charge is 0.431 e. The molecule has 126 valence electrons. The molecule has 0 aliphatic carbocycles. The summed E-state index contributed by atoms with van der Waals surface area (Å²) >= 11 is 1.17. The molecule has 0 saturated heterocycles. The van der Waals surface area contributed by atoms with Gasteiger partial charge in [-0.05, 0) is 24.6 Å². The van der Waals surface area contributed by atoms with E-state index in [2.05, 4.69) is 10.3 Å². The molecule has 0 bridgehead atoms. The minimum atomic E-state index is -3.51. The van der Waals surface area contributed by atoms with Crippen molar-refractivity contribution in [2.75, 3.05) is 26.4 Å². The van der Waals surface area contributed by atoms with Crippen LogP contribution in [0.15, 0.2) is 32.7 Å². The number of carbonyl (C=O) groups is 1. The van der Waals surface area contributed by atoms with E-state index in [4.69, 9.17) is 4.42 Å². The topological polar surface area (TPSA) is 92.5 Å². The Hall–Kier alpha value is -1.58. The van der Waals surface area contributed by atoms with Crippen molar-refractivity contribution in [3.8, 4) is 0 Å². The lowest BCUT2D eigenvalue weighted by molar-refractivity contribution is -0.118. The van der Waals surface area contributed by atoms with E-state index in [0.29, 0.717) is 22.9 Å². The maximum atomic E-state index is 12.1. The highest BCUT2D eigenvalue weighted by Gasteiger charge is 2.19. The quantitative estimate of drug-likeness (QED) is 0.758. The second kappa shape index (κ2) is 7.33. The Morgan fingerprint density at radius 2 is 2.13 bits per heavy atom. The van der Waals surface area contributed by atoms with E-state index in [-0.39, 0.29) is 16.6 Å². The number of hydrogen-bond acceptors (Lipinski definition) is 6. The normalized spacial score (nSPS) is 12.0. The summed E-state index contributed by atoms with van der Waals surface area (Å²) in [6.07, 6.45) is 0.877. The second-order valence-electron chi connectivity index (χ2n) is 5.04. The Morgan fingerprint density at radius 3 is 2.78 bits per heavy atom. The second-order valence-corrected chi connectivity index (χ2v) is 8.11. The summed E-state index contributed by atoms with van der Waals surface area (Å²) in [5.74, 6) is 0.116. The van der Waals surface area contributed by atoms with Gasteiger partial charge in [0.05, 0.1) is 10.6 Å². The molecule has 0 radical (unpaired) electrons. The minimum absolute atomic E-state index is 0.0880. The SMILES string of the molecule is CCCNC(=O)CSc1nc2cc(S(=O)(=O)N(C)C)ccc2o1. The first kappa shape index (κ1) is 17.8. The van der Waals surface area contributed by atoms with Gasteiger partial charge in [0.2, 0.25) is 15.9 Å². The van der Waals surface area contributed by atoms with E-state index in [1.54, 1.807) is 6.07 Å². The Bertz CT molecular complexity index is 799. The standard InChI is InChI=1S/C14H19N3O4S2/c1-4-7-15-13(18)9-22-14-16-11-8-10(5-6-12(11)21-14)23(19,20)17(2)3/h5-6,8H,4,7,9H2,1-3H3,(H,15,18). The maximum Gasteiger partial charge on any atom is 0.257 e. The number of amides is 1. The number of benzene rings is 1. The predicted octanol–water partition coefficient (Wildman–Crippen LogP) is 1.70. The van der Waals surface area contributed by atoms with E-state index in [0.717, 1.165) is 10.7 Å². The van der Waals surface area contributed by atoms with Gasteiger partial charge in [0.15, 0.2) is 5.58 Å². The van der Waals surface area contributed by atoms with Crippen LogP contribution in [0.2, 0.25) is 0 Å². The summed E-state index contributed by atoms with van der Waals surface area (Å²) in [6.45, 7) is 2.62. The summed E-state index contributed by atoms with van der Waals surface area (Å²) in [5.41, 5.74) is 0.934. The van der Waals surface area contributed by atoms with Crippen molar-refractivity contribution in [2.24, 2.45) is 0 Å². The first-order valence-corrected chi connectivity index (χ1v) is 9.49. The van der Waals surface area contributed by atoms with Gasteiger partial charge in [-0.2, -0.15) is 0 Å². The maximum absolute atomic E-state index is 12.1. The molecule has 1 aromatic carbocycles. The van der Waals surface area contributed by atoms with Gasteiger partial charge < -0.3 is 9.73 Å². The fraction of sp³-hybridized carbons (Fsp3) is 0.429. The number of carbonyl (C=O) groups excluding carboxylic acids is 1. The molecular formula is C14H19N3O4S2. The summed E-state index contributed by atoms with van der Waals surface area (Å²) in [6, 6.07) is 4.51. The van der Waals surface area contributed by atoms with Crippen LogP contribution >= 0.6 is 11.8 Å². The zero-order valence-electron chi connectivity index (χ0n) is 13.2. The zero-order chi connectivity index (χ0) is 17.0. The molecule has 2 rings (SSSR count). The van der Waals surface area contributed by atoms with Crippen LogP contribution in [0.3, 0.4) is 0 Å². The molecule has 7 nitrogen and oxygen atoms in total. The average molecular weight is 357 g/mol. The van der Waals surface area contributed by atoms with Gasteiger partial charge in [-0.3, -0.25) is 4.79 Å². The number of aromatic nitrogens is 1. The van der Waals surface area contributed by atoms with E-state index < -0.39 is 10.0 Å². The summed E-state index contributed by atoms with van der Waals surface area (Å²) in [7, 11) is -0.573. The van der Waals surface area contributed by atoms with Crippen LogP contribution in [-0.2, 0) is 14.8 Å². The number of thioether (sulfide) groups is 1. The zero-order valence-corrected chi connectivity index (χ0v) is 14.8. The molecule has 9 heteroatoms. The average Bonchev–Trinajstić information content (AvgIpc) is 2.92. The lowest BCUT2D eigenvalue weighted by atomic mass is 10.3. The van der Waals surface area contributed by atoms with E-state index in [1.807, 2.05) is 6.92 Å². The van der Waals surface area contributed by atoms with Crippen LogP contribution in [0.4, 0.5) is 0 Å². The summed E-state index contributed by atoms with van der Waals surface area (Å²) in [4.78, 5) is 15.9. The lowest BCUT2D eigenvalue weighted by Gasteiger charge is -2.10. The van der Waals surface area contributed by atoms with E-state index in [1.165, 1.54) is 38.0 Å². The van der Waals surface area contributed by atoms with Crippen LogP contribution in [0.1, 0.15) is 13.3 Å². The Kier molecular flexibility index (Phi) is 5.66. The number of oxazole rings is 1. The highest BCUT2D eigenvalue weighted by atomic mass is 32.2. The van der Waals surface area contributed by atoms with Gasteiger partial charge in [0, 0.05) is 20.6 Å². The van der Waals surface area contributed by atoms with Crippen molar-refractivity contribution in [3.05, 3.63) is 18.2 Å². The number of hydrogen-bond donors (Lipinski definition) is 1. The first-order valence-electron chi connectivity index (χ1n) is 7.07. The van der Waals surface area contributed by atoms with Crippen LogP contribution in [0.25, 0.3) is 11.1 Å². The van der Waals surface area contributed by atoms with Gasteiger partial charge >= 0.3 is 0 Å². The highest BCUT2D eigenvalue weighted by Crippen LogP contribution is 2.26. The number of nitrogens with zero attached hydrogens (tertiary/aromatic N) is 2. The third-order valence-corrected chi connectivity index (χ3v) is 5.66. The van der Waals surface area contributed by atoms with Crippen molar-refractivity contribution in [1.29, 1.82) is 0 Å². The molecule has 1 aromatic heterocycles. The van der Waals surface area contributed by atoms with Crippen LogP contribution in [0, 0.1) is 0 Å². The van der Waals surface area contributed by atoms with E-state index >= 15 is 0 Å². The molecule has 1 amide bonds. The fourth-order valence-electron chi connectivity index (χ4n) is 1.76. The Balaban J connectivity index is 2.15. The third kappa shape index (κ3) is 4.24. The third-order valence-electron chi connectivity index (χ3n) is 3.02. The molecule has 1 heterocycles. The van der Waals surface area contributed by atoms with Gasteiger partial charge in [0.25, 0.3) is 5.22 Å². The summed E-state index contributed by atoms with van der Waals surface area (Å²) < 4.78 is 30.9. The van der Waals surface area contributed by atoms with Crippen molar-refractivity contribution in [2.45, 2.75) is 23.5 Å². The number of sulfonamides is 1. The van der Waals surface area contributed by atoms with Gasteiger partial charge in [-0.15, -0.1) is 0 Å². The molecule has 23 heavy (non-hydrogen) atoms. The van der Waals surface area contributed by atoms with Crippen molar-refractivity contribution in [1.82, 2.24) is 14.6 Å². The number of nitrogens with one attached hydrogen (secondary N) is 1. The summed E-state index contributed by atoms with van der Waals surface area (Å²) in [5, 5.41) is 3.10. The molecule has 0 spiro atoms. The number of fused-ring (bicyclic) bond motifs is 1. The van der Waals surface area contributed by atoms with Crippen molar-refractivity contribution in [3.63, 3.8) is 0 Å². The molecule has 0 aliphatic heterocycles. The predicted molar refractivity (Wildman–Crippen MR) is 88.9 cm³/mol. The molecule has 0 aliphatic rings. The fourth-order valence-corrected chi connectivity index (χ4v) is 3.35. The first-order chi connectivity index (χ1) is 10.8. The van der Waals surface area contributed by atoms with Crippen LogP contribution in [-0.4, -0.2) is 50.0 Å². The molecule has 1 N–H and O–H groups in total. The lowest BCUT2D eigenvalue weighted by Crippen LogP contribution is -2.25. The van der Waals surface area contributed by atoms with Crippen LogP contribution in [0.5, 0.6) is 0 Å². The van der Waals surface area contributed by atoms with Crippen LogP contribution < -0.4 is 5.32 Å². The Morgan fingerprint density at radius 1 is 1.39 bits per heavy atom. The molecular weight excluding hydrogens is 338 g/mol. The molecule has 0 atom stereocenters. The van der Waals surface area contributed by atoms with Gasteiger partial charge in [-0.25, -0.2) is 17.7 Å². The highest BCUT2D eigenvalue weighted by molar-refractivity contribution is 7.99.